The topological polar surface area (TPSA) is 75.8 Å². The van der Waals surface area contributed by atoms with Crippen molar-refractivity contribution in [2.24, 2.45) is 10.1 Å². The van der Waals surface area contributed by atoms with Crippen LogP contribution < -0.4 is 20.9 Å². The zero-order valence-corrected chi connectivity index (χ0v) is 20.7. The summed E-state index contributed by atoms with van der Waals surface area (Å²) in [6.07, 6.45) is 4.57. The fourth-order valence-corrected chi connectivity index (χ4v) is 3.93. The third-order valence-electron chi connectivity index (χ3n) is 5.18. The van der Waals surface area contributed by atoms with Crippen molar-refractivity contribution in [3.63, 3.8) is 0 Å². The number of hydrogen-bond donors (Lipinski definition) is 2. The van der Waals surface area contributed by atoms with Crippen LogP contribution in [0.3, 0.4) is 0 Å². The van der Waals surface area contributed by atoms with Crippen molar-refractivity contribution in [2.75, 3.05) is 19.1 Å². The first-order valence-electron chi connectivity index (χ1n) is 10.7. The van der Waals surface area contributed by atoms with Crippen LogP contribution in [0.5, 0.6) is 5.75 Å². The molecule has 1 aromatic carbocycles. The van der Waals surface area contributed by atoms with E-state index in [2.05, 4.69) is 37.7 Å². The van der Waals surface area contributed by atoms with Crippen LogP contribution in [-0.4, -0.2) is 35.6 Å². The summed E-state index contributed by atoms with van der Waals surface area (Å²) in [5, 5.41) is 11.2. The van der Waals surface area contributed by atoms with E-state index in [9.17, 15) is 13.2 Å². The standard InChI is InChI=1S/C25H25F3N6OS/c1-6-18(14-30-23-12-16(2)33-36-23)17(3)31-15-32-24-21(8-7-11-34(24)29-4)20-10-9-19(25(26,27)28)13-22(20)35-5/h1,7-14,17,30-31H,4,15H2,2-3,5H3/b18-14+,32-24?. The lowest BCUT2D eigenvalue weighted by molar-refractivity contribution is -0.137. The number of hydrogen-bond acceptors (Lipinski definition) is 7. The van der Waals surface area contributed by atoms with Gasteiger partial charge in [-0.25, -0.2) is 4.68 Å². The molecule has 0 aliphatic heterocycles. The number of nitrogens with one attached hydrogen (secondary N) is 2. The van der Waals surface area contributed by atoms with Crippen LogP contribution in [0.15, 0.2) is 64.5 Å². The van der Waals surface area contributed by atoms with Gasteiger partial charge in [-0.1, -0.05) is 5.92 Å². The summed E-state index contributed by atoms with van der Waals surface area (Å²) < 4.78 is 50.5. The monoisotopic (exact) mass is 514 g/mol. The molecule has 11 heteroatoms. The minimum absolute atomic E-state index is 0.0614. The molecule has 2 aromatic heterocycles. The molecular formula is C25H25F3N6OS. The van der Waals surface area contributed by atoms with Gasteiger partial charge in [0.15, 0.2) is 5.49 Å². The molecule has 1 atom stereocenters. The number of halogens is 3. The average molecular weight is 515 g/mol. The van der Waals surface area contributed by atoms with E-state index in [1.807, 2.05) is 19.9 Å². The molecule has 7 nitrogen and oxygen atoms in total. The largest absolute Gasteiger partial charge is 0.496 e. The van der Waals surface area contributed by atoms with E-state index in [1.165, 1.54) is 29.4 Å². The number of rotatable bonds is 9. The fourth-order valence-electron chi connectivity index (χ4n) is 3.30. The van der Waals surface area contributed by atoms with Crippen molar-refractivity contribution in [3.8, 4) is 29.2 Å². The van der Waals surface area contributed by atoms with Crippen molar-refractivity contribution >= 4 is 23.3 Å². The third-order valence-corrected chi connectivity index (χ3v) is 5.99. The van der Waals surface area contributed by atoms with Crippen molar-refractivity contribution < 1.29 is 17.9 Å². The van der Waals surface area contributed by atoms with Crippen molar-refractivity contribution in [1.82, 2.24) is 14.4 Å². The summed E-state index contributed by atoms with van der Waals surface area (Å²) in [5.41, 5.74) is 2.12. The minimum Gasteiger partial charge on any atom is -0.496 e. The molecule has 3 rings (SSSR count). The van der Waals surface area contributed by atoms with Crippen LogP contribution in [0.4, 0.5) is 18.2 Å². The Labute approximate surface area is 211 Å². The zero-order valence-electron chi connectivity index (χ0n) is 19.9. The number of alkyl halides is 3. The van der Waals surface area contributed by atoms with Gasteiger partial charge in [0.05, 0.1) is 25.0 Å². The van der Waals surface area contributed by atoms with E-state index < -0.39 is 11.7 Å². The van der Waals surface area contributed by atoms with E-state index in [-0.39, 0.29) is 18.5 Å². The molecular weight excluding hydrogens is 489 g/mol. The van der Waals surface area contributed by atoms with Crippen molar-refractivity contribution in [3.05, 3.63) is 71.1 Å². The van der Waals surface area contributed by atoms with Crippen LogP contribution in [0, 0.1) is 19.3 Å². The molecule has 0 bridgehead atoms. The number of aromatic nitrogens is 2. The lowest BCUT2D eigenvalue weighted by Crippen LogP contribution is -2.30. The zero-order chi connectivity index (χ0) is 26.3. The number of benzene rings is 1. The highest BCUT2D eigenvalue weighted by Gasteiger charge is 2.31. The lowest BCUT2D eigenvalue weighted by Gasteiger charge is -2.15. The number of anilines is 1. The van der Waals surface area contributed by atoms with Gasteiger partial charge in [0.1, 0.15) is 10.8 Å². The Balaban J connectivity index is 1.89. The molecule has 0 saturated heterocycles. The molecule has 0 saturated carbocycles. The van der Waals surface area contributed by atoms with Gasteiger partial charge < -0.3 is 10.1 Å². The van der Waals surface area contributed by atoms with Crippen LogP contribution in [-0.2, 0) is 6.18 Å². The molecule has 36 heavy (non-hydrogen) atoms. The predicted octanol–water partition coefficient (Wildman–Crippen LogP) is 4.88. The summed E-state index contributed by atoms with van der Waals surface area (Å²) in [6.45, 7) is 7.51. The summed E-state index contributed by atoms with van der Waals surface area (Å²) in [6, 6.07) is 8.42. The van der Waals surface area contributed by atoms with Crippen molar-refractivity contribution in [1.29, 1.82) is 0 Å². The molecule has 0 aliphatic carbocycles. The third kappa shape index (κ3) is 6.41. The molecule has 0 radical (unpaired) electrons. The van der Waals surface area contributed by atoms with E-state index in [4.69, 9.17) is 11.2 Å². The van der Waals surface area contributed by atoms with Gasteiger partial charge in [0.2, 0.25) is 0 Å². The number of methoxy groups -OCH3 is 1. The second-order valence-electron chi connectivity index (χ2n) is 7.61. The van der Waals surface area contributed by atoms with Gasteiger partial charge in [0, 0.05) is 41.9 Å². The van der Waals surface area contributed by atoms with E-state index >= 15 is 0 Å². The molecule has 2 N–H and O–H groups in total. The van der Waals surface area contributed by atoms with Gasteiger partial charge in [-0.05, 0) is 61.8 Å². The first-order chi connectivity index (χ1) is 17.2. The van der Waals surface area contributed by atoms with Gasteiger partial charge in [0.25, 0.3) is 0 Å². The Kier molecular flexibility index (Phi) is 8.68. The number of nitrogens with zero attached hydrogens (tertiary/aromatic N) is 4. The van der Waals surface area contributed by atoms with E-state index in [1.54, 1.807) is 24.5 Å². The summed E-state index contributed by atoms with van der Waals surface area (Å²) in [5.74, 6) is 2.72. The Morgan fingerprint density at radius 1 is 1.33 bits per heavy atom. The highest BCUT2D eigenvalue weighted by atomic mass is 32.1. The summed E-state index contributed by atoms with van der Waals surface area (Å²) in [7, 11) is 1.32. The van der Waals surface area contributed by atoms with Gasteiger partial charge >= 0.3 is 6.18 Å². The maximum atomic E-state index is 13.2. The van der Waals surface area contributed by atoms with Crippen molar-refractivity contribution in [2.45, 2.75) is 26.1 Å². The number of terminal acetylenes is 1. The SMILES string of the molecule is C#C/C(=C\Nc1cc(C)ns1)C(C)NCN=c1c(-c2ccc(C(F)(F)F)cc2OC)cccn1N=C. The molecule has 188 valence electrons. The number of aryl methyl sites for hydroxylation is 1. The average Bonchev–Trinajstić information content (AvgIpc) is 3.28. The Bertz CT molecular complexity index is 1370. The number of ether oxygens (including phenoxy) is 1. The Morgan fingerprint density at radius 2 is 2.11 bits per heavy atom. The molecule has 2 heterocycles. The fraction of sp³-hybridized carbons (Fsp3) is 0.240. The minimum atomic E-state index is -4.49. The van der Waals surface area contributed by atoms with Gasteiger partial charge in [-0.2, -0.15) is 22.6 Å². The molecule has 3 aromatic rings. The first kappa shape index (κ1) is 26.7. The quantitative estimate of drug-likeness (QED) is 0.315. The highest BCUT2D eigenvalue weighted by molar-refractivity contribution is 7.10. The van der Waals surface area contributed by atoms with Crippen LogP contribution >= 0.6 is 11.5 Å². The highest BCUT2D eigenvalue weighted by Crippen LogP contribution is 2.36. The van der Waals surface area contributed by atoms with E-state index in [0.29, 0.717) is 22.2 Å². The van der Waals surface area contributed by atoms with Crippen LogP contribution in [0.25, 0.3) is 11.1 Å². The smallest absolute Gasteiger partial charge is 0.416 e. The maximum absolute atomic E-state index is 13.2. The van der Waals surface area contributed by atoms with E-state index in [0.717, 1.165) is 22.8 Å². The molecule has 0 spiro atoms. The van der Waals surface area contributed by atoms with Crippen LogP contribution in [0.1, 0.15) is 18.2 Å². The molecule has 0 amide bonds. The van der Waals surface area contributed by atoms with Crippen LogP contribution in [0.2, 0.25) is 0 Å². The number of pyridine rings is 1. The molecule has 0 aliphatic rings. The van der Waals surface area contributed by atoms with Gasteiger partial charge in [-0.15, -0.1) is 6.42 Å². The molecule has 1 unspecified atom stereocenters. The summed E-state index contributed by atoms with van der Waals surface area (Å²) in [4.78, 5) is 4.59. The first-order valence-corrected chi connectivity index (χ1v) is 11.5. The Hall–Kier alpha value is -3.88. The molecule has 0 fully saturated rings. The second kappa shape index (κ2) is 11.7. The normalized spacial score (nSPS) is 13.2. The Morgan fingerprint density at radius 3 is 2.72 bits per heavy atom. The second-order valence-corrected chi connectivity index (χ2v) is 8.41. The van der Waals surface area contributed by atoms with Gasteiger partial charge in [-0.3, -0.25) is 10.3 Å². The maximum Gasteiger partial charge on any atom is 0.416 e. The predicted molar refractivity (Wildman–Crippen MR) is 137 cm³/mol. The summed E-state index contributed by atoms with van der Waals surface area (Å²) >= 11 is 1.33. The lowest BCUT2D eigenvalue weighted by atomic mass is 10.0.